The predicted molar refractivity (Wildman–Crippen MR) is 210 cm³/mol. The molecule has 12 heteroatoms. The highest BCUT2D eigenvalue weighted by atomic mass is 16.5. The average Bonchev–Trinajstić information content (AvgIpc) is 3.59. The number of methoxy groups -OCH3 is 3. The number of rotatable bonds is 21. The summed E-state index contributed by atoms with van der Waals surface area (Å²) in [4.78, 5) is 60.7. The lowest BCUT2D eigenvalue weighted by Gasteiger charge is -2.41. The average molecular weight is 746 g/mol. The van der Waals surface area contributed by atoms with Crippen LogP contribution in [0.25, 0.3) is 0 Å². The fraction of sp³-hybridized carbons (Fsp3) is 0.756. The van der Waals surface area contributed by atoms with Crippen LogP contribution in [0.4, 0.5) is 0 Å². The minimum Gasteiger partial charge on any atom is -0.497 e. The second kappa shape index (κ2) is 21.6. The molecule has 1 aromatic rings. The van der Waals surface area contributed by atoms with E-state index in [2.05, 4.69) is 24.5 Å². The molecule has 0 spiro atoms. The Morgan fingerprint density at radius 1 is 0.868 bits per heavy atom. The number of likely N-dealkylation sites (N-methyl/N-ethyl adjacent to an activating group) is 2. The fourth-order valence-electron chi connectivity index (χ4n) is 7.95. The van der Waals surface area contributed by atoms with Crippen molar-refractivity contribution in [2.45, 2.75) is 130 Å². The van der Waals surface area contributed by atoms with Gasteiger partial charge in [-0.3, -0.25) is 24.1 Å². The molecule has 53 heavy (non-hydrogen) atoms. The van der Waals surface area contributed by atoms with Gasteiger partial charge in [-0.2, -0.15) is 0 Å². The number of carbonyl (C=O) groups excluding carboxylic acids is 4. The van der Waals surface area contributed by atoms with Crippen molar-refractivity contribution >= 4 is 23.6 Å². The van der Waals surface area contributed by atoms with E-state index in [1.165, 1.54) is 0 Å². The van der Waals surface area contributed by atoms with E-state index in [4.69, 9.17) is 14.2 Å². The maximum Gasteiger partial charge on any atom is 0.245 e. The third-order valence-corrected chi connectivity index (χ3v) is 11.0. The molecule has 1 aliphatic heterocycles. The minimum atomic E-state index is -0.745. The van der Waals surface area contributed by atoms with Crippen molar-refractivity contribution in [3.63, 3.8) is 0 Å². The van der Waals surface area contributed by atoms with Crippen LogP contribution in [0.2, 0.25) is 0 Å². The largest absolute Gasteiger partial charge is 0.497 e. The topological polar surface area (TPSA) is 130 Å². The summed E-state index contributed by atoms with van der Waals surface area (Å²) < 4.78 is 17.3. The van der Waals surface area contributed by atoms with E-state index in [1.807, 2.05) is 89.7 Å². The monoisotopic (exact) mass is 746 g/mol. The Morgan fingerprint density at radius 2 is 1.49 bits per heavy atom. The predicted octanol–water partition coefficient (Wildman–Crippen LogP) is 4.39. The van der Waals surface area contributed by atoms with Gasteiger partial charge in [-0.1, -0.05) is 67.0 Å². The molecule has 12 nitrogen and oxygen atoms in total. The number of ether oxygens (including phenoxy) is 3. The summed E-state index contributed by atoms with van der Waals surface area (Å²) >= 11 is 0. The Kier molecular flexibility index (Phi) is 18.7. The number of nitrogens with zero attached hydrogens (tertiary/aromatic N) is 3. The maximum atomic E-state index is 14.2. The van der Waals surface area contributed by atoms with Crippen LogP contribution >= 0.6 is 0 Å². The summed E-state index contributed by atoms with van der Waals surface area (Å²) in [5.41, 5.74) is 1.09. The molecule has 2 N–H and O–H groups in total. The first-order valence-electron chi connectivity index (χ1n) is 19.4. The zero-order valence-corrected chi connectivity index (χ0v) is 35.1. The molecule has 0 aliphatic carbocycles. The molecule has 2 rings (SSSR count). The molecule has 0 saturated carbocycles. The molecular weight excluding hydrogens is 674 g/mol. The quantitative estimate of drug-likeness (QED) is 0.190. The van der Waals surface area contributed by atoms with Gasteiger partial charge in [0.1, 0.15) is 11.8 Å². The van der Waals surface area contributed by atoms with Gasteiger partial charge in [-0.05, 0) is 75.7 Å². The van der Waals surface area contributed by atoms with Crippen molar-refractivity contribution in [3.05, 3.63) is 29.8 Å². The number of nitrogens with one attached hydrogen (secondary N) is 2. The molecule has 1 fully saturated rings. The highest BCUT2D eigenvalue weighted by Crippen LogP contribution is 2.30. The zero-order valence-electron chi connectivity index (χ0n) is 35.1. The van der Waals surface area contributed by atoms with Crippen molar-refractivity contribution in [1.29, 1.82) is 0 Å². The molecule has 1 saturated heterocycles. The number of carbonyl (C=O) groups is 4. The third kappa shape index (κ3) is 12.4. The van der Waals surface area contributed by atoms with Crippen LogP contribution in [-0.4, -0.2) is 130 Å². The number of hydrogen-bond acceptors (Lipinski definition) is 8. The van der Waals surface area contributed by atoms with Gasteiger partial charge in [0.25, 0.3) is 0 Å². The summed E-state index contributed by atoms with van der Waals surface area (Å²) in [6.45, 7) is 16.3. The molecule has 0 radical (unpaired) electrons. The number of hydrogen-bond donors (Lipinski definition) is 2. The van der Waals surface area contributed by atoms with E-state index in [-0.39, 0.29) is 65.9 Å². The fourth-order valence-corrected chi connectivity index (χ4v) is 7.95. The Balaban J connectivity index is 2.22. The van der Waals surface area contributed by atoms with Gasteiger partial charge in [0.2, 0.25) is 23.6 Å². The van der Waals surface area contributed by atoms with Crippen molar-refractivity contribution in [2.75, 3.05) is 49.0 Å². The second-order valence-corrected chi connectivity index (χ2v) is 15.9. The minimum absolute atomic E-state index is 0.000114. The molecular formula is C41H71N5O7. The number of likely N-dealkylation sites (tertiary alicyclic amines) is 1. The van der Waals surface area contributed by atoms with Crippen LogP contribution in [0.15, 0.2) is 24.3 Å². The van der Waals surface area contributed by atoms with Crippen molar-refractivity contribution in [3.8, 4) is 5.75 Å². The summed E-state index contributed by atoms with van der Waals surface area (Å²) in [5.74, 6) is -0.453. The lowest BCUT2D eigenvalue weighted by molar-refractivity contribution is -0.148. The standard InChI is InChI=1S/C41H71N5O7/c1-15-27(6)37(45(11)41(50)35(25(2)3)43-40(49)36(26(4)5)44(9)10)33(52-13)24-34(47)46-22-16-17-32(46)38(53-14)29(8)39(48)42-28(7)23-30-18-20-31(51-12)21-19-30/h18-21,25-29,32-33,35-38H,15-17,22-24H2,1-14H3,(H,42,48)(H,43,49)/t27-,28+,29+,32-,33+,35-,36-,37-,38+/m0/s1. The van der Waals surface area contributed by atoms with Crippen molar-refractivity contribution in [2.24, 2.45) is 23.7 Å². The van der Waals surface area contributed by atoms with Crippen LogP contribution in [0.3, 0.4) is 0 Å². The van der Waals surface area contributed by atoms with Crippen LogP contribution in [-0.2, 0) is 35.1 Å². The Bertz CT molecular complexity index is 1300. The number of benzene rings is 1. The molecule has 0 aromatic heterocycles. The first-order chi connectivity index (χ1) is 24.9. The van der Waals surface area contributed by atoms with E-state index in [9.17, 15) is 19.2 Å². The van der Waals surface area contributed by atoms with E-state index in [1.54, 1.807) is 33.3 Å². The van der Waals surface area contributed by atoms with Crippen LogP contribution < -0.4 is 15.4 Å². The van der Waals surface area contributed by atoms with Crippen LogP contribution in [0.1, 0.15) is 86.6 Å². The van der Waals surface area contributed by atoms with E-state index < -0.39 is 30.2 Å². The molecule has 9 atom stereocenters. The molecule has 1 heterocycles. The first kappa shape index (κ1) is 45.9. The van der Waals surface area contributed by atoms with Gasteiger partial charge >= 0.3 is 0 Å². The Hall–Kier alpha value is -3.22. The van der Waals surface area contributed by atoms with Crippen molar-refractivity contribution in [1.82, 2.24) is 25.3 Å². The molecule has 4 amide bonds. The first-order valence-corrected chi connectivity index (χ1v) is 19.4. The molecule has 0 unspecified atom stereocenters. The van der Waals surface area contributed by atoms with E-state index in [0.29, 0.717) is 19.4 Å². The highest BCUT2D eigenvalue weighted by molar-refractivity contribution is 5.90. The molecule has 302 valence electrons. The summed E-state index contributed by atoms with van der Waals surface area (Å²) in [5, 5.41) is 6.19. The summed E-state index contributed by atoms with van der Waals surface area (Å²) in [6.07, 6.45) is 1.90. The van der Waals surface area contributed by atoms with Crippen molar-refractivity contribution < 1.29 is 33.4 Å². The van der Waals surface area contributed by atoms with Gasteiger partial charge in [0.15, 0.2) is 0 Å². The summed E-state index contributed by atoms with van der Waals surface area (Å²) in [7, 11) is 10.3. The van der Waals surface area contributed by atoms with Gasteiger partial charge in [-0.25, -0.2) is 0 Å². The van der Waals surface area contributed by atoms with Crippen LogP contribution in [0.5, 0.6) is 5.75 Å². The molecule has 1 aromatic carbocycles. The van der Waals surface area contributed by atoms with Gasteiger partial charge in [0.05, 0.1) is 49.8 Å². The third-order valence-electron chi connectivity index (χ3n) is 11.0. The van der Waals surface area contributed by atoms with Gasteiger partial charge in [0, 0.05) is 33.9 Å². The van der Waals surface area contributed by atoms with E-state index >= 15 is 0 Å². The van der Waals surface area contributed by atoms with E-state index in [0.717, 1.165) is 24.2 Å². The maximum absolute atomic E-state index is 14.2. The lowest BCUT2D eigenvalue weighted by atomic mass is 9.89. The molecule has 1 aliphatic rings. The Morgan fingerprint density at radius 3 is 1.98 bits per heavy atom. The summed E-state index contributed by atoms with van der Waals surface area (Å²) in [6, 6.07) is 5.86. The van der Waals surface area contributed by atoms with Crippen LogP contribution in [0, 0.1) is 23.7 Å². The second-order valence-electron chi connectivity index (χ2n) is 15.9. The van der Waals surface area contributed by atoms with Gasteiger partial charge in [-0.15, -0.1) is 0 Å². The molecule has 0 bridgehead atoms. The SMILES string of the molecule is CC[C@H](C)[C@@H]([C@@H](CC(=O)N1CCC[C@H]1[C@H](OC)[C@@H](C)C(=O)N[C@H](C)Cc1ccc(OC)cc1)OC)N(C)C(=O)[C@@H](NC(=O)[C@H](C(C)C)N(C)C)C(C)C. The Labute approximate surface area is 320 Å². The number of amides is 4. The smallest absolute Gasteiger partial charge is 0.245 e. The highest BCUT2D eigenvalue weighted by Gasteiger charge is 2.43. The normalized spacial score (nSPS) is 19.3. The zero-order chi connectivity index (χ0) is 40.2. The van der Waals surface area contributed by atoms with Gasteiger partial charge < -0.3 is 34.6 Å². The lowest BCUT2D eigenvalue weighted by Crippen LogP contribution is -2.59.